The number of anilines is 6. The Bertz CT molecular complexity index is 4190. The minimum Gasteiger partial charge on any atom is -0.310 e. The van der Waals surface area contributed by atoms with Crippen molar-refractivity contribution in [1.29, 1.82) is 0 Å². The second kappa shape index (κ2) is 14.0. The first-order chi connectivity index (χ1) is 35.9. The van der Waals surface area contributed by atoms with Gasteiger partial charge in [0.25, 0.3) is 6.71 Å². The summed E-state index contributed by atoms with van der Waals surface area (Å²) in [5.41, 5.74) is 28.3. The third kappa shape index (κ3) is 4.74. The van der Waals surface area contributed by atoms with E-state index in [4.69, 9.17) is 0 Å². The summed E-state index contributed by atoms with van der Waals surface area (Å²) < 4.78 is 2.84. The molecule has 342 valence electrons. The lowest BCUT2D eigenvalue weighted by Gasteiger charge is -2.42. The van der Waals surface area contributed by atoms with E-state index in [0.29, 0.717) is 0 Å². The highest BCUT2D eigenvalue weighted by Crippen LogP contribution is 2.69. The van der Waals surface area contributed by atoms with Gasteiger partial charge in [0.1, 0.15) is 0 Å². The topological polar surface area (TPSA) is 6.48 Å². The van der Waals surface area contributed by atoms with Crippen LogP contribution in [0.4, 0.5) is 34.1 Å². The molecule has 0 amide bonds. The molecular weight excluding hydrogens is 920 g/mol. The van der Waals surface area contributed by atoms with Gasteiger partial charge in [0.2, 0.25) is 0 Å². The fourth-order valence-corrected chi connectivity index (χ4v) is 18.0. The van der Waals surface area contributed by atoms with Crippen LogP contribution < -0.4 is 24.8 Å². The predicted molar refractivity (Wildman–Crippen MR) is 308 cm³/mol. The Morgan fingerprint density at radius 1 is 0.370 bits per heavy atom. The molecule has 0 saturated carbocycles. The Hall–Kier alpha value is -7.96. The number of fused-ring (bicyclic) bond motifs is 26. The van der Waals surface area contributed by atoms with Crippen molar-refractivity contribution in [3.05, 3.63) is 267 Å². The number of hydrogen-bond acceptors (Lipinski definition) is 4. The maximum Gasteiger partial charge on any atom is 0.277 e. The lowest BCUT2D eigenvalue weighted by molar-refractivity contribution is 0.588. The summed E-state index contributed by atoms with van der Waals surface area (Å²) in [5.74, 6) is 0. The molecule has 5 heteroatoms. The van der Waals surface area contributed by atoms with E-state index in [1.165, 1.54) is 142 Å². The van der Waals surface area contributed by atoms with E-state index in [9.17, 15) is 0 Å². The Morgan fingerprint density at radius 2 is 0.740 bits per heavy atom. The first-order valence-electron chi connectivity index (χ1n) is 25.7. The third-order valence-electron chi connectivity index (χ3n) is 17.4. The molecular formula is C68H45BN2S2. The normalized spacial score (nSPS) is 16.8. The van der Waals surface area contributed by atoms with E-state index < -0.39 is 10.8 Å². The highest BCUT2D eigenvalue weighted by molar-refractivity contribution is 7.37. The minimum absolute atomic E-state index is 0.0260. The number of para-hydroxylation sites is 2. The number of nitrogens with zero attached hydrogens (tertiary/aromatic N) is 2. The zero-order valence-electron chi connectivity index (χ0n) is 40.6. The van der Waals surface area contributed by atoms with Gasteiger partial charge in [-0.05, 0) is 120 Å². The lowest BCUT2D eigenvalue weighted by atomic mass is 9.39. The molecule has 73 heavy (non-hydrogen) atoms. The predicted octanol–water partition coefficient (Wildman–Crippen LogP) is 15.9. The van der Waals surface area contributed by atoms with Gasteiger partial charge in [-0.25, -0.2) is 0 Å². The van der Waals surface area contributed by atoms with Crippen LogP contribution >= 0.6 is 22.7 Å². The van der Waals surface area contributed by atoms with Gasteiger partial charge in [0.15, 0.2) is 0 Å². The smallest absolute Gasteiger partial charge is 0.277 e. The standard InChI is InChI=1S/C68H45BN2S2/c1-66(2,3)40-37-38-46-45-27-12-17-32-51(45)68(54(46)39-40)53-34-19-14-29-48(53)58-61-65(73-63(58)68)69-59-55(35-20-36-56(59)71(61)42-23-8-5-9-24-42)70(41-21-6-4-7-22-41)60-57-47-28-13-18-33-52(47)67(62(57)72-64(60)69)49-30-15-10-25-43(49)44-26-11-16-31-50(44)67/h4-39H,1-3H3. The number of rotatable bonds is 2. The number of benzene rings is 9. The second-order valence-corrected chi connectivity index (χ2v) is 23.9. The highest BCUT2D eigenvalue weighted by atomic mass is 32.1. The van der Waals surface area contributed by atoms with Crippen LogP contribution in [0.25, 0.3) is 44.5 Å². The van der Waals surface area contributed by atoms with Gasteiger partial charge in [0, 0.05) is 53.2 Å². The Labute approximate surface area is 434 Å². The fraction of sp³-hybridized carbons (Fsp3) is 0.0882. The highest BCUT2D eigenvalue weighted by Gasteiger charge is 2.60. The average Bonchev–Trinajstić information content (AvgIpc) is 4.28. The molecule has 0 bridgehead atoms. The van der Waals surface area contributed by atoms with E-state index >= 15 is 0 Å². The van der Waals surface area contributed by atoms with Crippen LogP contribution in [0, 0.1) is 0 Å². The van der Waals surface area contributed by atoms with Crippen molar-refractivity contribution >= 4 is 78.5 Å². The molecule has 0 N–H and O–H groups in total. The molecule has 6 aliphatic rings. The summed E-state index contributed by atoms with van der Waals surface area (Å²) in [5, 5.41) is 0. The molecule has 0 saturated heterocycles. The number of hydrogen-bond donors (Lipinski definition) is 0. The van der Waals surface area contributed by atoms with Gasteiger partial charge in [-0.2, -0.15) is 0 Å². The molecule has 2 aromatic heterocycles. The van der Waals surface area contributed by atoms with Gasteiger partial charge in [0.05, 0.1) is 22.2 Å². The summed E-state index contributed by atoms with van der Waals surface area (Å²) in [6.45, 7) is 7.05. The summed E-state index contributed by atoms with van der Waals surface area (Å²) >= 11 is 4.17. The first-order valence-corrected chi connectivity index (χ1v) is 27.3. The monoisotopic (exact) mass is 964 g/mol. The quantitative estimate of drug-likeness (QED) is 0.159. The van der Waals surface area contributed by atoms with Crippen LogP contribution in [0.1, 0.15) is 69.5 Å². The SMILES string of the molecule is CC(C)(C)c1ccc2c(c1)C1(c3ccccc3-2)c2ccccc2-c2c1sc1c2N(c2ccccc2)c2cccc3c2B1c1sc2c(c1N3c1ccccc1)-c1ccccc1C21c2ccccc2-c2ccccc21. The maximum atomic E-state index is 2.65. The molecule has 11 aromatic rings. The summed E-state index contributed by atoms with van der Waals surface area (Å²) in [6.07, 6.45) is 0. The van der Waals surface area contributed by atoms with Crippen molar-refractivity contribution in [3.63, 3.8) is 0 Å². The largest absolute Gasteiger partial charge is 0.310 e. The molecule has 2 aliphatic heterocycles. The van der Waals surface area contributed by atoms with Crippen molar-refractivity contribution in [1.82, 2.24) is 0 Å². The zero-order valence-corrected chi connectivity index (χ0v) is 42.2. The lowest BCUT2D eigenvalue weighted by Crippen LogP contribution is -2.59. The van der Waals surface area contributed by atoms with E-state index in [2.05, 4.69) is 272 Å². The van der Waals surface area contributed by atoms with Crippen LogP contribution in [-0.4, -0.2) is 6.71 Å². The molecule has 17 rings (SSSR count). The van der Waals surface area contributed by atoms with Gasteiger partial charge in [-0.3, -0.25) is 0 Å². The summed E-state index contributed by atoms with van der Waals surface area (Å²) in [4.78, 5) is 8.16. The van der Waals surface area contributed by atoms with E-state index in [-0.39, 0.29) is 12.1 Å². The van der Waals surface area contributed by atoms with Crippen LogP contribution in [0.3, 0.4) is 0 Å². The van der Waals surface area contributed by atoms with E-state index in [1.807, 2.05) is 0 Å². The molecule has 4 heterocycles. The van der Waals surface area contributed by atoms with Crippen LogP contribution in [0.5, 0.6) is 0 Å². The molecule has 1 unspecified atom stereocenters. The van der Waals surface area contributed by atoms with Gasteiger partial charge in [-0.15, -0.1) is 22.7 Å². The molecule has 0 fully saturated rings. The molecule has 2 nitrogen and oxygen atoms in total. The van der Waals surface area contributed by atoms with Crippen molar-refractivity contribution in [2.75, 3.05) is 9.80 Å². The molecule has 9 aromatic carbocycles. The summed E-state index contributed by atoms with van der Waals surface area (Å²) in [7, 11) is 0. The Morgan fingerprint density at radius 3 is 1.18 bits per heavy atom. The van der Waals surface area contributed by atoms with Crippen molar-refractivity contribution in [2.24, 2.45) is 0 Å². The van der Waals surface area contributed by atoms with Crippen LogP contribution in [-0.2, 0) is 16.2 Å². The summed E-state index contributed by atoms with van der Waals surface area (Å²) in [6, 6.07) is 83.6. The zero-order chi connectivity index (χ0) is 48.1. The Balaban J connectivity index is 1.03. The van der Waals surface area contributed by atoms with Gasteiger partial charge < -0.3 is 9.80 Å². The fourth-order valence-electron chi connectivity index (χ4n) is 14.6. The van der Waals surface area contributed by atoms with Crippen LogP contribution in [0.2, 0.25) is 0 Å². The maximum absolute atomic E-state index is 2.65. The van der Waals surface area contributed by atoms with E-state index in [1.54, 1.807) is 0 Å². The van der Waals surface area contributed by atoms with Gasteiger partial charge in [-0.1, -0.05) is 203 Å². The van der Waals surface area contributed by atoms with E-state index in [0.717, 1.165) is 0 Å². The molecule has 4 aliphatic carbocycles. The Kier molecular flexibility index (Phi) is 7.77. The first kappa shape index (κ1) is 40.6. The minimum atomic E-state index is -0.496. The van der Waals surface area contributed by atoms with Gasteiger partial charge >= 0.3 is 0 Å². The van der Waals surface area contributed by atoms with Crippen molar-refractivity contribution < 1.29 is 0 Å². The van der Waals surface area contributed by atoms with Crippen molar-refractivity contribution in [2.45, 2.75) is 37.0 Å². The molecule has 1 atom stereocenters. The second-order valence-electron chi connectivity index (χ2n) is 21.8. The van der Waals surface area contributed by atoms with Crippen LogP contribution in [0.15, 0.2) is 218 Å². The third-order valence-corrected chi connectivity index (χ3v) is 20.1. The molecule has 2 spiro atoms. The molecule has 0 radical (unpaired) electrons. The van der Waals surface area contributed by atoms with Crippen molar-refractivity contribution in [3.8, 4) is 44.5 Å². The average molecular weight is 965 g/mol. The number of thiophene rings is 2.